The number of benzene rings is 2. The minimum absolute atomic E-state index is 0.0172. The Bertz CT molecular complexity index is 1010. The normalized spacial score (nSPS) is 9.78. The average Bonchev–Trinajstić information content (AvgIpc) is 2.57. The van der Waals surface area contributed by atoms with E-state index in [0.717, 1.165) is 12.1 Å². The van der Waals surface area contributed by atoms with Crippen molar-refractivity contribution in [1.29, 1.82) is 0 Å². The van der Waals surface area contributed by atoms with Gasteiger partial charge in [0.15, 0.2) is 0 Å². The van der Waals surface area contributed by atoms with E-state index in [4.69, 9.17) is 24.6 Å². The average molecular weight is 494 g/mol. The van der Waals surface area contributed by atoms with Crippen LogP contribution in [0, 0.1) is 39.8 Å². The number of nitrogens with zero attached hydrogens (tertiary/aromatic N) is 2. The largest absolute Gasteiger partial charge is 0.398 e. The highest BCUT2D eigenvalue weighted by Crippen LogP contribution is 2.25. The van der Waals surface area contributed by atoms with E-state index in [1.54, 1.807) is 0 Å². The number of anilines is 2. The van der Waals surface area contributed by atoms with Gasteiger partial charge in [0.05, 0.1) is 13.1 Å². The molecular weight excluding hydrogens is 477 g/mol. The van der Waals surface area contributed by atoms with Crippen molar-refractivity contribution in [1.82, 2.24) is 0 Å². The Morgan fingerprint density at radius 2 is 1.41 bits per heavy atom. The van der Waals surface area contributed by atoms with Crippen molar-refractivity contribution >= 4 is 53.4 Å². The molecule has 27 heavy (non-hydrogen) atoms. The van der Waals surface area contributed by atoms with Crippen LogP contribution >= 0.6 is 22.6 Å². The van der Waals surface area contributed by atoms with Crippen LogP contribution < -0.4 is 11.5 Å². The summed E-state index contributed by atoms with van der Waals surface area (Å²) >= 11 is 1.95. The first kappa shape index (κ1) is 22.4. The van der Waals surface area contributed by atoms with Crippen LogP contribution in [0.25, 0.3) is 9.69 Å². The van der Waals surface area contributed by atoms with E-state index in [1.807, 2.05) is 22.6 Å². The molecule has 0 heterocycles. The quantitative estimate of drug-likeness (QED) is 0.161. The maximum absolute atomic E-state index is 13.2. The summed E-state index contributed by atoms with van der Waals surface area (Å²) in [6.45, 7) is 19.7. The zero-order valence-electron chi connectivity index (χ0n) is 15.0. The molecule has 0 bridgehead atoms. The van der Waals surface area contributed by atoms with Crippen LogP contribution in [-0.4, -0.2) is 8.07 Å². The zero-order chi connectivity index (χ0) is 20.8. The highest BCUT2D eigenvalue weighted by Gasteiger charge is 2.09. The second-order valence-corrected chi connectivity index (χ2v) is 12.4. The Hall–Kier alpha value is -2.61. The minimum Gasteiger partial charge on any atom is -0.398 e. The number of nitrogens with two attached hydrogens (primary N) is 2. The lowest BCUT2D eigenvalue weighted by Gasteiger charge is -2.05. The van der Waals surface area contributed by atoms with E-state index in [0.29, 0.717) is 14.8 Å². The van der Waals surface area contributed by atoms with Crippen LogP contribution in [0.15, 0.2) is 24.3 Å². The van der Waals surface area contributed by atoms with Gasteiger partial charge in [-0.3, -0.25) is 0 Å². The Morgan fingerprint density at radius 1 is 0.926 bits per heavy atom. The first-order chi connectivity index (χ1) is 12.5. The Balaban J connectivity index is 0.000000289. The van der Waals surface area contributed by atoms with E-state index >= 15 is 0 Å². The van der Waals surface area contributed by atoms with Crippen molar-refractivity contribution in [3.8, 4) is 11.5 Å². The lowest BCUT2D eigenvalue weighted by atomic mass is 10.1. The van der Waals surface area contributed by atoms with Crippen LogP contribution in [0.4, 0.5) is 31.5 Å². The van der Waals surface area contributed by atoms with Gasteiger partial charge in [-0.2, -0.15) is 0 Å². The molecule has 0 fully saturated rings. The second kappa shape index (κ2) is 9.36. The van der Waals surface area contributed by atoms with E-state index in [2.05, 4.69) is 40.8 Å². The summed E-state index contributed by atoms with van der Waals surface area (Å²) in [5.41, 5.74) is 15.4. The predicted molar refractivity (Wildman–Crippen MR) is 117 cm³/mol. The summed E-state index contributed by atoms with van der Waals surface area (Å²) in [4.78, 5) is 6.07. The van der Waals surface area contributed by atoms with E-state index in [-0.39, 0.29) is 17.1 Å². The number of nitrogen functional groups attached to an aromatic ring is 2. The van der Waals surface area contributed by atoms with E-state index in [1.165, 1.54) is 12.1 Å². The van der Waals surface area contributed by atoms with Crippen LogP contribution in [0.1, 0.15) is 5.56 Å². The molecule has 0 aromatic heterocycles. The molecule has 2 aromatic rings. The minimum atomic E-state index is -1.49. The number of halogens is 3. The summed E-state index contributed by atoms with van der Waals surface area (Å²) in [5, 5.41) is 0. The maximum Gasteiger partial charge on any atom is 0.223 e. The molecular formula is C19H17F2IN4Si. The van der Waals surface area contributed by atoms with Gasteiger partial charge in [-0.1, -0.05) is 25.6 Å². The maximum atomic E-state index is 13.2. The van der Waals surface area contributed by atoms with Gasteiger partial charge in [0.25, 0.3) is 0 Å². The third kappa shape index (κ3) is 6.90. The first-order valence-electron chi connectivity index (χ1n) is 7.60. The molecule has 0 amide bonds. The van der Waals surface area contributed by atoms with Crippen LogP contribution in [0.3, 0.4) is 0 Å². The van der Waals surface area contributed by atoms with Gasteiger partial charge in [-0.15, -0.1) is 5.54 Å². The fourth-order valence-corrected chi connectivity index (χ4v) is 2.62. The predicted octanol–water partition coefficient (Wildman–Crippen LogP) is 5.75. The topological polar surface area (TPSA) is 60.8 Å². The zero-order valence-corrected chi connectivity index (χ0v) is 18.1. The highest BCUT2D eigenvalue weighted by molar-refractivity contribution is 14.1. The van der Waals surface area contributed by atoms with Crippen LogP contribution in [0.5, 0.6) is 0 Å². The molecule has 0 unspecified atom stereocenters. The summed E-state index contributed by atoms with van der Waals surface area (Å²) in [7, 11) is -1.49. The number of rotatable bonds is 0. The van der Waals surface area contributed by atoms with Gasteiger partial charge in [0.1, 0.15) is 19.7 Å². The summed E-state index contributed by atoms with van der Waals surface area (Å²) < 4.78 is 26.6. The fraction of sp³-hybridized carbons (Fsp3) is 0.158. The molecule has 0 aliphatic rings. The van der Waals surface area contributed by atoms with Gasteiger partial charge < -0.3 is 11.5 Å². The molecule has 0 aliphatic heterocycles. The van der Waals surface area contributed by atoms with Crippen LogP contribution in [0.2, 0.25) is 19.6 Å². The Labute approximate surface area is 172 Å². The lowest BCUT2D eigenvalue weighted by Crippen LogP contribution is -2.16. The van der Waals surface area contributed by atoms with E-state index < -0.39 is 19.7 Å². The van der Waals surface area contributed by atoms with Gasteiger partial charge in [0, 0.05) is 20.5 Å². The Kier molecular flexibility index (Phi) is 7.77. The van der Waals surface area contributed by atoms with E-state index in [9.17, 15) is 8.78 Å². The molecule has 138 valence electrons. The smallest absolute Gasteiger partial charge is 0.223 e. The molecule has 4 nitrogen and oxygen atoms in total. The summed E-state index contributed by atoms with van der Waals surface area (Å²) in [6, 6.07) is 5.15. The molecule has 0 radical (unpaired) electrons. The molecule has 0 aliphatic carbocycles. The summed E-state index contributed by atoms with van der Waals surface area (Å²) in [6.07, 6.45) is 0. The van der Waals surface area contributed by atoms with Crippen molar-refractivity contribution in [2.45, 2.75) is 19.6 Å². The van der Waals surface area contributed by atoms with Crippen molar-refractivity contribution in [2.24, 2.45) is 0 Å². The van der Waals surface area contributed by atoms with Crippen molar-refractivity contribution < 1.29 is 8.78 Å². The first-order valence-corrected chi connectivity index (χ1v) is 12.2. The monoisotopic (exact) mass is 494 g/mol. The van der Waals surface area contributed by atoms with Crippen molar-refractivity contribution in [2.75, 3.05) is 11.5 Å². The molecule has 2 rings (SSSR count). The fourth-order valence-electron chi connectivity index (χ4n) is 1.66. The molecule has 0 spiro atoms. The highest BCUT2D eigenvalue weighted by atomic mass is 127. The lowest BCUT2D eigenvalue weighted by molar-refractivity contribution is 0.634. The molecule has 0 saturated heterocycles. The molecule has 0 saturated carbocycles. The molecule has 8 heteroatoms. The molecule has 4 N–H and O–H groups in total. The second-order valence-electron chi connectivity index (χ2n) is 6.44. The third-order valence-corrected chi connectivity index (χ3v) is 4.81. The van der Waals surface area contributed by atoms with Gasteiger partial charge in [0.2, 0.25) is 11.4 Å². The summed E-state index contributed by atoms with van der Waals surface area (Å²) in [5.74, 6) is 1.78. The Morgan fingerprint density at radius 3 is 1.89 bits per heavy atom. The number of hydrogen-bond acceptors (Lipinski definition) is 2. The molecule has 0 atom stereocenters. The van der Waals surface area contributed by atoms with Crippen molar-refractivity contribution in [3.63, 3.8) is 0 Å². The van der Waals surface area contributed by atoms with Gasteiger partial charge >= 0.3 is 0 Å². The van der Waals surface area contributed by atoms with Crippen LogP contribution in [-0.2, 0) is 0 Å². The van der Waals surface area contributed by atoms with Gasteiger partial charge in [-0.25, -0.2) is 18.5 Å². The standard InChI is InChI=1S/C12H13FN2Si.C7H4FIN2/c1-15-12-7-9(5-6-16(2,3)4)11(14)8-10(12)13;1-11-7-3-5(9)6(10)2-4(7)8/h7-8H,14H2,2-4H3;2-3H,10H2. The molecule has 2 aromatic carbocycles. The van der Waals surface area contributed by atoms with Crippen molar-refractivity contribution in [3.05, 3.63) is 67.9 Å². The third-order valence-electron chi connectivity index (χ3n) is 3.00. The SMILES string of the molecule is [C-]#[N+]c1cc(C#C[Si](C)(C)C)c(N)cc1F.[C-]#[N+]c1cc(I)c(N)cc1F. The number of hydrogen-bond donors (Lipinski definition) is 2. The van der Waals surface area contributed by atoms with Gasteiger partial charge in [-0.05, 0) is 46.9 Å².